The van der Waals surface area contributed by atoms with Gasteiger partial charge in [-0.15, -0.1) is 0 Å². The number of hydrogen-bond donors (Lipinski definition) is 3. The van der Waals surface area contributed by atoms with Crippen molar-refractivity contribution in [1.29, 1.82) is 0 Å². The minimum Gasteiger partial charge on any atom is -0.339 e. The Morgan fingerprint density at radius 1 is 1.18 bits per heavy atom. The molecule has 1 aromatic carbocycles. The van der Waals surface area contributed by atoms with Gasteiger partial charge in [-0.2, -0.15) is 0 Å². The van der Waals surface area contributed by atoms with Crippen LogP contribution in [-0.2, 0) is 4.79 Å². The molecule has 122 valence electrons. The van der Waals surface area contributed by atoms with Crippen molar-refractivity contribution in [2.45, 2.75) is 30.7 Å². The zero-order valence-electron chi connectivity index (χ0n) is 12.4. The molecular formula is C14H18Cl3N3OS. The molecule has 1 rings (SSSR count). The van der Waals surface area contributed by atoms with Gasteiger partial charge in [0.05, 0.1) is 0 Å². The van der Waals surface area contributed by atoms with Crippen molar-refractivity contribution in [2.75, 3.05) is 5.32 Å². The number of carbonyl (C=O) groups is 1. The molecule has 22 heavy (non-hydrogen) atoms. The summed E-state index contributed by atoms with van der Waals surface area (Å²) in [6.45, 7) is 5.43. The number of benzene rings is 1. The molecule has 4 nitrogen and oxygen atoms in total. The van der Waals surface area contributed by atoms with Gasteiger partial charge in [-0.3, -0.25) is 4.79 Å². The third kappa shape index (κ3) is 6.16. The van der Waals surface area contributed by atoms with E-state index < -0.39 is 9.96 Å². The van der Waals surface area contributed by atoms with Crippen LogP contribution in [0.3, 0.4) is 0 Å². The molecule has 1 amide bonds. The van der Waals surface area contributed by atoms with E-state index in [2.05, 4.69) is 16.0 Å². The van der Waals surface area contributed by atoms with Crippen molar-refractivity contribution in [1.82, 2.24) is 10.6 Å². The fourth-order valence-corrected chi connectivity index (χ4v) is 2.07. The van der Waals surface area contributed by atoms with Gasteiger partial charge >= 0.3 is 0 Å². The summed E-state index contributed by atoms with van der Waals surface area (Å²) in [5.41, 5.74) is 1.85. The summed E-state index contributed by atoms with van der Waals surface area (Å²) in [5.74, 6) is -0.489. The maximum absolute atomic E-state index is 11.8. The second-order valence-corrected chi connectivity index (χ2v) is 7.83. The normalized spacial score (nSPS) is 12.7. The zero-order chi connectivity index (χ0) is 16.9. The first kappa shape index (κ1) is 19.3. The first-order valence-corrected chi connectivity index (χ1v) is 8.15. The number of hydrogen-bond acceptors (Lipinski definition) is 2. The summed E-state index contributed by atoms with van der Waals surface area (Å²) in [5, 5.41) is 8.68. The van der Waals surface area contributed by atoms with Gasteiger partial charge in [0.15, 0.2) is 5.11 Å². The lowest BCUT2D eigenvalue weighted by molar-refractivity contribution is -0.124. The molecule has 1 atom stereocenters. The molecule has 0 fully saturated rings. The zero-order valence-corrected chi connectivity index (χ0v) is 15.5. The Kier molecular flexibility index (Phi) is 7.19. The quantitative estimate of drug-likeness (QED) is 0.422. The highest BCUT2D eigenvalue weighted by Gasteiger charge is 2.35. The predicted octanol–water partition coefficient (Wildman–Crippen LogP) is 3.75. The maximum atomic E-state index is 11.8. The summed E-state index contributed by atoms with van der Waals surface area (Å²) in [6, 6.07) is 7.62. The molecule has 0 spiro atoms. The van der Waals surface area contributed by atoms with Gasteiger partial charge in [-0.25, -0.2) is 0 Å². The van der Waals surface area contributed by atoms with Crippen LogP contribution in [0.1, 0.15) is 19.4 Å². The Bertz CT molecular complexity index is 546. The topological polar surface area (TPSA) is 53.2 Å². The number of anilines is 1. The highest BCUT2D eigenvalue weighted by molar-refractivity contribution is 7.80. The predicted molar refractivity (Wildman–Crippen MR) is 97.6 cm³/mol. The van der Waals surface area contributed by atoms with E-state index in [1.165, 1.54) is 0 Å². The second-order valence-electron chi connectivity index (χ2n) is 5.05. The third-order valence-electron chi connectivity index (χ3n) is 2.81. The van der Waals surface area contributed by atoms with Crippen molar-refractivity contribution in [3.8, 4) is 0 Å². The van der Waals surface area contributed by atoms with Crippen molar-refractivity contribution in [3.05, 3.63) is 29.8 Å². The Labute approximate surface area is 150 Å². The number of amides is 1. The summed E-state index contributed by atoms with van der Waals surface area (Å²) >= 11 is 22.9. The number of rotatable bonds is 4. The van der Waals surface area contributed by atoms with Gasteiger partial charge in [0, 0.05) is 11.6 Å². The summed E-state index contributed by atoms with van der Waals surface area (Å²) in [6.07, 6.45) is -0.948. The monoisotopic (exact) mass is 381 g/mol. The van der Waals surface area contributed by atoms with Crippen LogP contribution in [0.2, 0.25) is 0 Å². The first-order valence-electron chi connectivity index (χ1n) is 6.61. The molecule has 0 aliphatic rings. The molecule has 0 aromatic heterocycles. The van der Waals surface area contributed by atoms with Crippen LogP contribution < -0.4 is 16.0 Å². The van der Waals surface area contributed by atoms with Crippen LogP contribution in [0.4, 0.5) is 5.69 Å². The van der Waals surface area contributed by atoms with Crippen LogP contribution in [0, 0.1) is 12.8 Å². The third-order valence-corrected chi connectivity index (χ3v) is 3.68. The Morgan fingerprint density at radius 3 is 2.27 bits per heavy atom. The van der Waals surface area contributed by atoms with Gasteiger partial charge in [0.2, 0.25) is 9.70 Å². The molecular weight excluding hydrogens is 365 g/mol. The fourth-order valence-electron chi connectivity index (χ4n) is 1.51. The smallest absolute Gasteiger partial charge is 0.228 e. The van der Waals surface area contributed by atoms with Crippen molar-refractivity contribution >= 4 is 63.7 Å². The number of aryl methyl sites for hydroxylation is 1. The molecule has 0 radical (unpaired) electrons. The standard InChI is InChI=1S/C14H18Cl3N3OS/c1-8(2)11(21)19-12(14(15,16)17)20-13(22)18-10-7-5-4-6-9(10)3/h4-8,12H,1-3H3,(H,19,21)(H2,18,20,22). The van der Waals surface area contributed by atoms with E-state index >= 15 is 0 Å². The number of thiocarbonyl (C=S) groups is 1. The summed E-state index contributed by atoms with van der Waals surface area (Å²) in [4.78, 5) is 11.8. The van der Waals surface area contributed by atoms with Gasteiger partial charge in [-0.1, -0.05) is 66.8 Å². The lowest BCUT2D eigenvalue weighted by Crippen LogP contribution is -2.56. The van der Waals surface area contributed by atoms with E-state index in [-0.39, 0.29) is 16.9 Å². The number of para-hydroxylation sites is 1. The van der Waals surface area contributed by atoms with Gasteiger partial charge in [0.1, 0.15) is 6.17 Å². The lowest BCUT2D eigenvalue weighted by Gasteiger charge is -2.28. The number of carbonyl (C=O) groups excluding carboxylic acids is 1. The van der Waals surface area contributed by atoms with E-state index in [0.29, 0.717) is 0 Å². The molecule has 0 aliphatic heterocycles. The van der Waals surface area contributed by atoms with Crippen LogP contribution >= 0.6 is 47.0 Å². The molecule has 8 heteroatoms. The fraction of sp³-hybridized carbons (Fsp3) is 0.429. The molecule has 3 N–H and O–H groups in total. The largest absolute Gasteiger partial charge is 0.339 e. The molecule has 0 heterocycles. The van der Waals surface area contributed by atoms with Crippen LogP contribution in [0.5, 0.6) is 0 Å². The number of halogens is 3. The van der Waals surface area contributed by atoms with E-state index in [0.717, 1.165) is 11.3 Å². The molecule has 1 unspecified atom stereocenters. The van der Waals surface area contributed by atoms with Gasteiger partial charge in [-0.05, 0) is 30.8 Å². The summed E-state index contributed by atoms with van der Waals surface area (Å²) < 4.78 is -1.75. The minimum absolute atomic E-state index is 0.241. The van der Waals surface area contributed by atoms with E-state index in [9.17, 15) is 4.79 Å². The Hall–Kier alpha value is -0.750. The minimum atomic E-state index is -1.75. The van der Waals surface area contributed by atoms with E-state index in [4.69, 9.17) is 47.0 Å². The molecule has 0 saturated carbocycles. The van der Waals surface area contributed by atoms with Gasteiger partial charge in [0.25, 0.3) is 0 Å². The Balaban J connectivity index is 2.75. The van der Waals surface area contributed by atoms with Crippen LogP contribution in [0.15, 0.2) is 24.3 Å². The number of nitrogens with one attached hydrogen (secondary N) is 3. The van der Waals surface area contributed by atoms with Crippen LogP contribution in [0.25, 0.3) is 0 Å². The molecule has 1 aromatic rings. The van der Waals surface area contributed by atoms with Crippen molar-refractivity contribution in [2.24, 2.45) is 5.92 Å². The van der Waals surface area contributed by atoms with E-state index in [1.54, 1.807) is 13.8 Å². The Morgan fingerprint density at radius 2 is 1.77 bits per heavy atom. The second kappa shape index (κ2) is 8.20. The highest BCUT2D eigenvalue weighted by Crippen LogP contribution is 2.29. The average molecular weight is 383 g/mol. The number of alkyl halides is 3. The van der Waals surface area contributed by atoms with E-state index in [1.807, 2.05) is 31.2 Å². The van der Waals surface area contributed by atoms with Crippen LogP contribution in [-0.4, -0.2) is 21.0 Å². The summed E-state index contributed by atoms with van der Waals surface area (Å²) in [7, 11) is 0. The lowest BCUT2D eigenvalue weighted by atomic mass is 10.2. The van der Waals surface area contributed by atoms with Gasteiger partial charge < -0.3 is 16.0 Å². The molecule has 0 aliphatic carbocycles. The maximum Gasteiger partial charge on any atom is 0.228 e. The first-order chi connectivity index (χ1) is 10.1. The van der Waals surface area contributed by atoms with Crippen molar-refractivity contribution in [3.63, 3.8) is 0 Å². The highest BCUT2D eigenvalue weighted by atomic mass is 35.6. The van der Waals surface area contributed by atoms with Crippen molar-refractivity contribution < 1.29 is 4.79 Å². The average Bonchev–Trinajstić information content (AvgIpc) is 2.39. The molecule has 0 bridgehead atoms. The SMILES string of the molecule is Cc1ccccc1NC(=S)NC(NC(=O)C(C)C)C(Cl)(Cl)Cl. The molecule has 0 saturated heterocycles.